The predicted molar refractivity (Wildman–Crippen MR) is 124 cm³/mol. The van der Waals surface area contributed by atoms with Gasteiger partial charge in [0.1, 0.15) is 5.82 Å². The average Bonchev–Trinajstić information content (AvgIpc) is 3.27. The van der Waals surface area contributed by atoms with Crippen LogP contribution >= 0.6 is 11.8 Å². The van der Waals surface area contributed by atoms with E-state index in [9.17, 15) is 9.18 Å². The van der Waals surface area contributed by atoms with Gasteiger partial charge in [0.05, 0.1) is 17.6 Å². The van der Waals surface area contributed by atoms with Gasteiger partial charge in [-0.15, -0.1) is 0 Å². The number of halogens is 1. The Morgan fingerprint density at radius 3 is 2.23 bits per heavy atom. The topological polar surface area (TPSA) is 30.2 Å². The molecule has 0 saturated carbocycles. The largest absolute Gasteiger partial charge is 0.341 e. The number of aromatic nitrogens is 2. The Morgan fingerprint density at radius 2 is 1.48 bits per heavy atom. The first-order valence-electron chi connectivity index (χ1n) is 10.2. The van der Waals surface area contributed by atoms with E-state index in [0.717, 1.165) is 28.8 Å². The molecule has 1 unspecified atom stereocenters. The van der Waals surface area contributed by atoms with Crippen molar-refractivity contribution in [1.29, 1.82) is 0 Å². The number of nitrogens with zero attached hydrogens (tertiary/aromatic N) is 3. The Hall–Kier alpha value is -3.25. The van der Waals surface area contributed by atoms with Crippen molar-refractivity contribution in [3.05, 3.63) is 117 Å². The van der Waals surface area contributed by atoms with Crippen molar-refractivity contribution in [2.75, 3.05) is 0 Å². The van der Waals surface area contributed by atoms with Crippen molar-refractivity contribution in [2.45, 2.75) is 25.5 Å². The first-order chi connectivity index (χ1) is 15.1. The van der Waals surface area contributed by atoms with Crippen LogP contribution in [0.1, 0.15) is 23.5 Å². The zero-order valence-corrected chi connectivity index (χ0v) is 17.9. The number of rotatable bonds is 5. The van der Waals surface area contributed by atoms with Crippen molar-refractivity contribution < 1.29 is 4.39 Å². The molecule has 2 heterocycles. The molecule has 4 aromatic rings. The van der Waals surface area contributed by atoms with E-state index < -0.39 is 0 Å². The van der Waals surface area contributed by atoms with Gasteiger partial charge >= 0.3 is 5.69 Å². The van der Waals surface area contributed by atoms with Crippen LogP contribution in [-0.4, -0.2) is 14.0 Å². The third kappa shape index (κ3) is 3.68. The molecule has 0 aliphatic carbocycles. The number of allylic oxidation sites excluding steroid dienone is 1. The highest BCUT2D eigenvalue weighted by Crippen LogP contribution is 2.40. The monoisotopic (exact) mass is 431 g/mol. The minimum Gasteiger partial charge on any atom is -0.341 e. The van der Waals surface area contributed by atoms with Crippen LogP contribution in [0.5, 0.6) is 0 Å². The molecule has 0 saturated heterocycles. The van der Waals surface area contributed by atoms with Crippen molar-refractivity contribution in [3.8, 4) is 0 Å². The molecule has 31 heavy (non-hydrogen) atoms. The van der Waals surface area contributed by atoms with Gasteiger partial charge in [-0.25, -0.2) is 9.18 Å². The molecule has 1 atom stereocenters. The van der Waals surface area contributed by atoms with Crippen LogP contribution in [0.2, 0.25) is 0 Å². The van der Waals surface area contributed by atoms with Crippen molar-refractivity contribution in [1.82, 2.24) is 14.0 Å². The van der Waals surface area contributed by atoms with Crippen LogP contribution in [0, 0.1) is 5.82 Å². The molecule has 0 amide bonds. The Morgan fingerprint density at radius 1 is 0.839 bits per heavy atom. The summed E-state index contributed by atoms with van der Waals surface area (Å²) in [4.78, 5) is 15.9. The molecule has 1 aliphatic heterocycles. The molecular weight excluding hydrogens is 409 g/mol. The van der Waals surface area contributed by atoms with Gasteiger partial charge in [-0.1, -0.05) is 66.4 Å². The lowest BCUT2D eigenvalue weighted by Gasteiger charge is -2.28. The summed E-state index contributed by atoms with van der Waals surface area (Å²) < 4.78 is 17.0. The standard InChI is InChI=1S/C25H22FN3OS/c1-18-17-31-25(27(18)15-19-7-3-2-4-8-19)29-23-10-6-5-9-22(23)28(24(29)30)16-20-11-13-21(26)14-12-20/h2-14,17,25H,15-16H2,1H3. The predicted octanol–water partition coefficient (Wildman–Crippen LogP) is 5.56. The zero-order valence-electron chi connectivity index (χ0n) is 17.1. The second-order valence-corrected chi connectivity index (χ2v) is 8.62. The highest BCUT2D eigenvalue weighted by Gasteiger charge is 2.30. The maximum atomic E-state index is 13.6. The fourth-order valence-electron chi connectivity index (χ4n) is 4.03. The van der Waals surface area contributed by atoms with E-state index in [1.54, 1.807) is 28.5 Å². The van der Waals surface area contributed by atoms with Gasteiger partial charge in [0, 0.05) is 12.2 Å². The molecule has 156 valence electrons. The van der Waals surface area contributed by atoms with Gasteiger partial charge in [0.25, 0.3) is 0 Å². The minimum absolute atomic E-state index is 0.0656. The first kappa shape index (κ1) is 19.7. The zero-order chi connectivity index (χ0) is 21.4. The highest BCUT2D eigenvalue weighted by atomic mass is 32.2. The average molecular weight is 432 g/mol. The van der Waals surface area contributed by atoms with Gasteiger partial charge in [-0.2, -0.15) is 0 Å². The molecule has 0 bridgehead atoms. The number of hydrogen-bond donors (Lipinski definition) is 0. The fourth-order valence-corrected chi connectivity index (χ4v) is 5.20. The van der Waals surface area contributed by atoms with Crippen LogP contribution in [0.15, 0.2) is 94.8 Å². The quantitative estimate of drug-likeness (QED) is 0.415. The molecule has 1 aromatic heterocycles. The van der Waals surface area contributed by atoms with E-state index in [2.05, 4.69) is 29.4 Å². The number of imidazole rings is 1. The van der Waals surface area contributed by atoms with E-state index in [1.807, 2.05) is 47.0 Å². The maximum absolute atomic E-state index is 13.6. The number of fused-ring (bicyclic) bond motifs is 1. The molecule has 6 heteroatoms. The lowest BCUT2D eigenvalue weighted by molar-refractivity contribution is 0.268. The maximum Gasteiger partial charge on any atom is 0.331 e. The van der Waals surface area contributed by atoms with E-state index >= 15 is 0 Å². The highest BCUT2D eigenvalue weighted by molar-refractivity contribution is 8.02. The lowest BCUT2D eigenvalue weighted by atomic mass is 10.2. The Kier molecular flexibility index (Phi) is 5.16. The van der Waals surface area contributed by atoms with Crippen molar-refractivity contribution in [3.63, 3.8) is 0 Å². The summed E-state index contributed by atoms with van der Waals surface area (Å²) in [5, 5.41) is 2.12. The second-order valence-electron chi connectivity index (χ2n) is 7.69. The third-order valence-electron chi connectivity index (χ3n) is 5.62. The third-order valence-corrected chi connectivity index (χ3v) is 6.81. The molecule has 0 N–H and O–H groups in total. The Balaban J connectivity index is 1.57. The molecule has 4 nitrogen and oxygen atoms in total. The van der Waals surface area contributed by atoms with Gasteiger partial charge in [-0.05, 0) is 47.7 Å². The minimum atomic E-state index is -0.279. The van der Waals surface area contributed by atoms with Crippen LogP contribution < -0.4 is 5.69 Å². The summed E-state index contributed by atoms with van der Waals surface area (Å²) in [7, 11) is 0. The van der Waals surface area contributed by atoms with Gasteiger partial charge in [0.15, 0.2) is 5.50 Å². The van der Waals surface area contributed by atoms with Gasteiger partial charge < -0.3 is 4.90 Å². The number of thioether (sulfide) groups is 1. The van der Waals surface area contributed by atoms with Crippen LogP contribution in [0.3, 0.4) is 0 Å². The summed E-state index contributed by atoms with van der Waals surface area (Å²) in [5.41, 5.74) is 4.78. The van der Waals surface area contributed by atoms with Crippen molar-refractivity contribution in [2.24, 2.45) is 0 Å². The second kappa shape index (κ2) is 8.12. The summed E-state index contributed by atoms with van der Waals surface area (Å²) in [6, 6.07) is 24.5. The van der Waals surface area contributed by atoms with E-state index in [-0.39, 0.29) is 17.0 Å². The summed E-state index contributed by atoms with van der Waals surface area (Å²) >= 11 is 1.65. The number of benzene rings is 3. The van der Waals surface area contributed by atoms with E-state index in [0.29, 0.717) is 6.54 Å². The lowest BCUT2D eigenvalue weighted by Crippen LogP contribution is -2.33. The summed E-state index contributed by atoms with van der Waals surface area (Å²) in [5.74, 6) is -0.279. The smallest absolute Gasteiger partial charge is 0.331 e. The van der Waals surface area contributed by atoms with E-state index in [4.69, 9.17) is 0 Å². The van der Waals surface area contributed by atoms with Gasteiger partial charge in [0.2, 0.25) is 0 Å². The number of para-hydroxylation sites is 2. The molecule has 5 rings (SSSR count). The SMILES string of the molecule is CC1=CSC(n2c(=O)n(Cc3ccc(F)cc3)c3ccccc32)N1Cc1ccccc1. The molecular formula is C25H22FN3OS. The summed E-state index contributed by atoms with van der Waals surface area (Å²) in [6.45, 7) is 3.21. The first-order valence-corrected chi connectivity index (χ1v) is 11.1. The summed E-state index contributed by atoms with van der Waals surface area (Å²) in [6.07, 6.45) is 0. The fraction of sp³-hybridized carbons (Fsp3) is 0.160. The molecule has 0 radical (unpaired) electrons. The normalized spacial score (nSPS) is 16.1. The van der Waals surface area contributed by atoms with E-state index in [1.165, 1.54) is 17.7 Å². The Labute approximate surface area is 184 Å². The van der Waals surface area contributed by atoms with Crippen LogP contribution in [0.25, 0.3) is 11.0 Å². The van der Waals surface area contributed by atoms with Gasteiger partial charge in [-0.3, -0.25) is 9.13 Å². The molecule has 0 spiro atoms. The number of hydrogen-bond acceptors (Lipinski definition) is 3. The molecule has 3 aromatic carbocycles. The van der Waals surface area contributed by atoms with Crippen molar-refractivity contribution >= 4 is 22.8 Å². The van der Waals surface area contributed by atoms with Crippen LogP contribution in [-0.2, 0) is 13.1 Å². The molecule has 0 fully saturated rings. The Bertz CT molecular complexity index is 1310. The molecule has 1 aliphatic rings. The van der Waals surface area contributed by atoms with Crippen LogP contribution in [0.4, 0.5) is 4.39 Å².